The predicted molar refractivity (Wildman–Crippen MR) is 123 cm³/mol. The van der Waals surface area contributed by atoms with Crippen LogP contribution in [0.25, 0.3) is 0 Å². The van der Waals surface area contributed by atoms with Crippen LogP contribution in [0.1, 0.15) is 38.3 Å². The van der Waals surface area contributed by atoms with Gasteiger partial charge in [-0.1, -0.05) is 60.7 Å². The summed E-state index contributed by atoms with van der Waals surface area (Å²) in [6, 6.07) is 16.7. The number of aliphatic hydroxyl groups excluding tert-OH is 1. The molecular formula is C25H32N2O6. The van der Waals surface area contributed by atoms with Crippen molar-refractivity contribution in [2.24, 2.45) is 0 Å². The van der Waals surface area contributed by atoms with Crippen molar-refractivity contribution >= 4 is 18.0 Å². The quantitative estimate of drug-likeness (QED) is 0.474. The van der Waals surface area contributed by atoms with E-state index in [-0.39, 0.29) is 19.6 Å². The summed E-state index contributed by atoms with van der Waals surface area (Å²) < 4.78 is 10.5. The zero-order valence-corrected chi connectivity index (χ0v) is 19.2. The molecule has 2 aromatic rings. The van der Waals surface area contributed by atoms with Gasteiger partial charge in [0.05, 0.1) is 19.1 Å². The van der Waals surface area contributed by atoms with Gasteiger partial charge in [0, 0.05) is 0 Å². The summed E-state index contributed by atoms with van der Waals surface area (Å²) >= 11 is 0. The molecule has 2 unspecified atom stereocenters. The molecule has 0 bridgehead atoms. The molecule has 2 amide bonds. The van der Waals surface area contributed by atoms with Crippen molar-refractivity contribution in [3.8, 4) is 0 Å². The Bertz CT molecular complexity index is 896. The lowest BCUT2D eigenvalue weighted by atomic mass is 10.1. The number of nitrogens with one attached hydrogen (secondary N) is 2. The van der Waals surface area contributed by atoms with Crippen LogP contribution in [0.3, 0.4) is 0 Å². The molecule has 0 saturated heterocycles. The van der Waals surface area contributed by atoms with Gasteiger partial charge in [-0.25, -0.2) is 4.79 Å². The second-order valence-electron chi connectivity index (χ2n) is 8.63. The lowest BCUT2D eigenvalue weighted by Gasteiger charge is -2.24. The van der Waals surface area contributed by atoms with Gasteiger partial charge in [0.1, 0.15) is 18.2 Å². The van der Waals surface area contributed by atoms with Crippen molar-refractivity contribution in [2.45, 2.75) is 57.9 Å². The van der Waals surface area contributed by atoms with Crippen LogP contribution in [0.5, 0.6) is 0 Å². The van der Waals surface area contributed by atoms with E-state index in [9.17, 15) is 19.5 Å². The summed E-state index contributed by atoms with van der Waals surface area (Å²) in [5.74, 6) is -1.27. The molecule has 0 aliphatic carbocycles. The lowest BCUT2D eigenvalue weighted by molar-refractivity contribution is -0.147. The highest BCUT2D eigenvalue weighted by atomic mass is 16.6. The van der Waals surface area contributed by atoms with Crippen molar-refractivity contribution in [3.63, 3.8) is 0 Å². The fraction of sp³-hybridized carbons (Fsp3) is 0.400. The van der Waals surface area contributed by atoms with Crippen LogP contribution in [0.2, 0.25) is 0 Å². The van der Waals surface area contributed by atoms with E-state index in [0.717, 1.165) is 11.1 Å². The van der Waals surface area contributed by atoms with Crippen molar-refractivity contribution in [2.75, 3.05) is 6.61 Å². The van der Waals surface area contributed by atoms with E-state index in [2.05, 4.69) is 10.6 Å². The molecule has 8 nitrogen and oxygen atoms in total. The Morgan fingerprint density at radius 2 is 1.48 bits per heavy atom. The first-order valence-corrected chi connectivity index (χ1v) is 10.8. The summed E-state index contributed by atoms with van der Waals surface area (Å²) in [5.41, 5.74) is 0.950. The molecule has 178 valence electrons. The number of amides is 2. The minimum Gasteiger partial charge on any atom is -0.461 e. The number of alkyl carbamates (subject to hydrolysis) is 1. The van der Waals surface area contributed by atoms with Crippen LogP contribution >= 0.6 is 0 Å². The molecule has 2 atom stereocenters. The number of carbonyl (C=O) groups excluding carboxylic acids is 3. The van der Waals surface area contributed by atoms with E-state index >= 15 is 0 Å². The average molecular weight is 457 g/mol. The molecule has 3 N–H and O–H groups in total. The molecule has 0 fully saturated rings. The molecular weight excluding hydrogens is 424 g/mol. The summed E-state index contributed by atoms with van der Waals surface area (Å²) in [5, 5.41) is 14.9. The van der Waals surface area contributed by atoms with Gasteiger partial charge in [0.15, 0.2) is 0 Å². The highest BCUT2D eigenvalue weighted by molar-refractivity contribution is 5.89. The summed E-state index contributed by atoms with van der Waals surface area (Å²) in [6.07, 6.45) is -0.829. The van der Waals surface area contributed by atoms with E-state index in [4.69, 9.17) is 9.47 Å². The number of esters is 1. The number of rotatable bonds is 10. The Morgan fingerprint density at radius 1 is 0.909 bits per heavy atom. The highest BCUT2D eigenvalue weighted by Crippen LogP contribution is 2.09. The zero-order chi connectivity index (χ0) is 24.3. The predicted octanol–water partition coefficient (Wildman–Crippen LogP) is 2.73. The molecule has 33 heavy (non-hydrogen) atoms. The van der Waals surface area contributed by atoms with Gasteiger partial charge in [-0.3, -0.25) is 9.59 Å². The fourth-order valence-electron chi connectivity index (χ4n) is 2.98. The maximum Gasteiger partial charge on any atom is 0.408 e. The molecule has 0 radical (unpaired) electrons. The van der Waals surface area contributed by atoms with Gasteiger partial charge < -0.3 is 25.2 Å². The molecule has 2 rings (SSSR count). The standard InChI is InChI=1S/C25H32N2O6/c1-25(2,3)33-24(31)27-21(15-22(29)32-17-19-12-8-5-9-13-19)23(30)26-20(16-28)14-18-10-6-4-7-11-18/h4-13,20-21,28H,14-17H2,1-3H3,(H,26,30)(H,27,31). The van der Waals surface area contributed by atoms with Crippen molar-refractivity contribution in [1.29, 1.82) is 0 Å². The van der Waals surface area contributed by atoms with E-state index < -0.39 is 35.7 Å². The first kappa shape index (κ1) is 25.9. The smallest absolute Gasteiger partial charge is 0.408 e. The third-order valence-electron chi connectivity index (χ3n) is 4.51. The van der Waals surface area contributed by atoms with Crippen LogP contribution in [0, 0.1) is 0 Å². The minimum atomic E-state index is -1.23. The third-order valence-corrected chi connectivity index (χ3v) is 4.51. The van der Waals surface area contributed by atoms with Crippen molar-refractivity contribution in [1.82, 2.24) is 10.6 Å². The van der Waals surface area contributed by atoms with Crippen LogP contribution in [0.15, 0.2) is 60.7 Å². The second kappa shape index (κ2) is 12.6. The molecule has 0 saturated carbocycles. The largest absolute Gasteiger partial charge is 0.461 e. The molecule has 0 aliphatic rings. The molecule has 0 spiro atoms. The summed E-state index contributed by atoms with van der Waals surface area (Å²) in [7, 11) is 0. The zero-order valence-electron chi connectivity index (χ0n) is 19.2. The van der Waals surface area contributed by atoms with Crippen LogP contribution < -0.4 is 10.6 Å². The Kier molecular flexibility index (Phi) is 9.87. The number of carbonyl (C=O) groups is 3. The lowest BCUT2D eigenvalue weighted by Crippen LogP contribution is -2.52. The maximum absolute atomic E-state index is 12.9. The molecule has 2 aromatic carbocycles. The molecule has 8 heteroatoms. The van der Waals surface area contributed by atoms with E-state index in [1.165, 1.54) is 0 Å². The number of benzene rings is 2. The first-order chi connectivity index (χ1) is 15.7. The van der Waals surface area contributed by atoms with Gasteiger partial charge in [-0.15, -0.1) is 0 Å². The van der Waals surface area contributed by atoms with Gasteiger partial charge in [0.2, 0.25) is 5.91 Å². The highest BCUT2D eigenvalue weighted by Gasteiger charge is 2.28. The van der Waals surface area contributed by atoms with Crippen LogP contribution in [-0.2, 0) is 32.1 Å². The second-order valence-corrected chi connectivity index (χ2v) is 8.63. The normalized spacial score (nSPS) is 12.8. The minimum absolute atomic E-state index is 0.0493. The number of ether oxygens (including phenoxy) is 2. The number of aliphatic hydroxyl groups is 1. The van der Waals surface area contributed by atoms with Crippen molar-refractivity contribution < 1.29 is 29.0 Å². The SMILES string of the molecule is CC(C)(C)OC(=O)NC(CC(=O)OCc1ccccc1)C(=O)NC(CO)Cc1ccccc1. The van der Waals surface area contributed by atoms with Crippen LogP contribution in [-0.4, -0.2) is 47.4 Å². The average Bonchev–Trinajstić information content (AvgIpc) is 2.77. The van der Waals surface area contributed by atoms with E-state index in [1.54, 1.807) is 20.8 Å². The number of hydrogen-bond acceptors (Lipinski definition) is 6. The molecule has 0 heterocycles. The Balaban J connectivity index is 2.03. The first-order valence-electron chi connectivity index (χ1n) is 10.8. The number of hydrogen-bond donors (Lipinski definition) is 3. The van der Waals surface area contributed by atoms with Crippen molar-refractivity contribution in [3.05, 3.63) is 71.8 Å². The van der Waals surface area contributed by atoms with Gasteiger partial charge in [-0.05, 0) is 38.3 Å². The fourth-order valence-corrected chi connectivity index (χ4v) is 2.98. The summed E-state index contributed by atoms with van der Waals surface area (Å²) in [4.78, 5) is 37.6. The Hall–Kier alpha value is -3.39. The van der Waals surface area contributed by atoms with Gasteiger partial charge in [-0.2, -0.15) is 0 Å². The van der Waals surface area contributed by atoms with Gasteiger partial charge >= 0.3 is 12.1 Å². The summed E-state index contributed by atoms with van der Waals surface area (Å²) in [6.45, 7) is 4.82. The third kappa shape index (κ3) is 10.2. The van der Waals surface area contributed by atoms with Gasteiger partial charge in [0.25, 0.3) is 0 Å². The Labute approximate surface area is 194 Å². The maximum atomic E-state index is 12.9. The van der Waals surface area contributed by atoms with E-state index in [1.807, 2.05) is 60.7 Å². The van der Waals surface area contributed by atoms with Crippen LogP contribution in [0.4, 0.5) is 4.79 Å². The molecule has 0 aromatic heterocycles. The topological polar surface area (TPSA) is 114 Å². The molecule has 0 aliphatic heterocycles. The monoisotopic (exact) mass is 456 g/mol. The Morgan fingerprint density at radius 3 is 2.03 bits per heavy atom. The van der Waals surface area contributed by atoms with E-state index in [0.29, 0.717) is 6.42 Å².